The standard InChI is InChI=1S/Al.In.H2SeTe.6H/c;;1-2;;;;;;/h;;1-2H;;;;;;. The summed E-state index contributed by atoms with van der Waals surface area (Å²) in [6.07, 6.45) is 0. The van der Waals surface area contributed by atoms with Gasteiger partial charge in [-0.05, 0) is 0 Å². The van der Waals surface area contributed by atoms with Crippen LogP contribution in [0.2, 0.25) is 0 Å². The van der Waals surface area contributed by atoms with Gasteiger partial charge in [-0.1, -0.05) is 0 Å². The Morgan fingerprint density at radius 1 is 1.25 bits per heavy atom. The fourth-order valence-corrected chi connectivity index (χ4v) is 0. The second kappa shape index (κ2) is 17.2. The molecular formula is H8AlInSeTe. The van der Waals surface area contributed by atoms with E-state index in [1.54, 1.807) is 20.1 Å². The van der Waals surface area contributed by atoms with Crippen LogP contribution in [0.4, 0.5) is 0 Å². The molecule has 0 saturated heterocycles. The monoisotopic (exact) mass is 360 g/mol. The van der Waals surface area contributed by atoms with Crippen LogP contribution in [0.5, 0.6) is 0 Å². The summed E-state index contributed by atoms with van der Waals surface area (Å²) in [7, 11) is 0. The Bertz CT molecular complexity index is 8.00. The quantitative estimate of drug-likeness (QED) is 0.393. The third-order valence-electron chi connectivity index (χ3n) is 0. The van der Waals surface area contributed by atoms with Crippen LogP contribution in [0.1, 0.15) is 0 Å². The van der Waals surface area contributed by atoms with Crippen molar-refractivity contribution in [2.45, 2.75) is 0 Å². The first-order valence-electron chi connectivity index (χ1n) is 0.200. The van der Waals surface area contributed by atoms with Crippen molar-refractivity contribution in [3.05, 3.63) is 0 Å². The van der Waals surface area contributed by atoms with E-state index in [-0.39, 0.29) is 43.2 Å². The van der Waals surface area contributed by atoms with Crippen molar-refractivity contribution < 1.29 is 0 Å². The maximum atomic E-state index is 2.36. The van der Waals surface area contributed by atoms with Crippen LogP contribution in [0.15, 0.2) is 0 Å². The number of hydrogen-bond donors (Lipinski definition) is 0. The zero-order chi connectivity index (χ0) is 2.00. The van der Waals surface area contributed by atoms with Crippen LogP contribution in [-0.4, -0.2) is 76.1 Å². The van der Waals surface area contributed by atoms with Crippen molar-refractivity contribution in [3.63, 3.8) is 0 Å². The molecule has 0 bridgehead atoms. The summed E-state index contributed by atoms with van der Waals surface area (Å²) >= 11 is 4.05. The maximum absolute atomic E-state index is 2.36. The molecule has 0 aromatic carbocycles. The van der Waals surface area contributed by atoms with E-state index in [2.05, 4.69) is 12.8 Å². The predicted octanol–water partition coefficient (Wildman–Crippen LogP) is -3.66. The molecule has 0 rings (SSSR count). The van der Waals surface area contributed by atoms with E-state index in [0.717, 1.165) is 0 Å². The molecule has 0 radical (unpaired) electrons. The van der Waals surface area contributed by atoms with E-state index in [9.17, 15) is 0 Å². The molecule has 0 N–H and O–H groups in total. The Labute approximate surface area is 74.8 Å². The average Bonchev–Trinajstić information content (AvgIpc) is 1.00. The summed E-state index contributed by atoms with van der Waals surface area (Å²) in [6, 6.07) is 0. The number of rotatable bonds is 0. The van der Waals surface area contributed by atoms with Gasteiger partial charge in [0.1, 0.15) is 0 Å². The van der Waals surface area contributed by atoms with Gasteiger partial charge in [0.25, 0.3) is 0 Å². The fraction of sp³-hybridized carbons (Fsp3) is 0. The summed E-state index contributed by atoms with van der Waals surface area (Å²) in [6.45, 7) is 0. The molecule has 0 aliphatic heterocycles. The first-order chi connectivity index (χ1) is 1.00. The zero-order valence-electron chi connectivity index (χ0n) is 0.894. The topological polar surface area (TPSA) is 0 Å². The molecule has 0 amide bonds. The Kier molecular flexibility index (Phi) is 68.5. The molecule has 0 spiro atoms. The van der Waals surface area contributed by atoms with Gasteiger partial charge in [-0.2, -0.15) is 0 Å². The second-order valence-electron chi connectivity index (χ2n) is 0. The number of hydrogen-bond acceptors (Lipinski definition) is 0. The molecule has 0 aromatic rings. The predicted molar refractivity (Wildman–Crippen MR) is 34.2 cm³/mol. The van der Waals surface area contributed by atoms with E-state index in [1.165, 1.54) is 0 Å². The summed E-state index contributed by atoms with van der Waals surface area (Å²) < 4.78 is 0. The summed E-state index contributed by atoms with van der Waals surface area (Å²) in [5.74, 6) is 0. The molecular weight excluding hydrogens is 348 g/mol. The van der Waals surface area contributed by atoms with Crippen molar-refractivity contribution in [2.75, 3.05) is 0 Å². The van der Waals surface area contributed by atoms with E-state index in [0.29, 0.717) is 0 Å². The van der Waals surface area contributed by atoms with E-state index < -0.39 is 0 Å². The minimum absolute atomic E-state index is 0. The molecule has 4 heavy (non-hydrogen) atoms. The van der Waals surface area contributed by atoms with Crippen molar-refractivity contribution in [2.24, 2.45) is 0 Å². The normalized spacial score (nSPS) is 1.50. The van der Waals surface area contributed by atoms with Gasteiger partial charge in [0.05, 0.1) is 0 Å². The molecule has 4 heteroatoms. The van der Waals surface area contributed by atoms with Gasteiger partial charge < -0.3 is 0 Å². The molecule has 0 unspecified atom stereocenters. The molecule has 0 aromatic heterocycles. The van der Waals surface area contributed by atoms with Gasteiger partial charge in [0.15, 0.2) is 17.4 Å². The minimum atomic E-state index is 0. The summed E-state index contributed by atoms with van der Waals surface area (Å²) in [5, 5.41) is 0. The third-order valence-corrected chi connectivity index (χ3v) is 0. The van der Waals surface area contributed by atoms with Gasteiger partial charge in [-0.25, -0.2) is 0 Å². The average molecular weight is 356 g/mol. The van der Waals surface area contributed by atoms with E-state index in [4.69, 9.17) is 0 Å². The van der Waals surface area contributed by atoms with Gasteiger partial charge in [-0.3, -0.25) is 0 Å². The third kappa shape index (κ3) is 8.83. The van der Waals surface area contributed by atoms with Crippen LogP contribution >= 0.6 is 0 Å². The van der Waals surface area contributed by atoms with Crippen LogP contribution in [-0.2, 0) is 0 Å². The summed E-state index contributed by atoms with van der Waals surface area (Å²) in [4.78, 5) is 0. The van der Waals surface area contributed by atoms with Crippen molar-refractivity contribution in [1.82, 2.24) is 0 Å². The molecule has 0 nitrogen and oxygen atoms in total. The second-order valence-corrected chi connectivity index (χ2v) is 0. The molecule has 0 heterocycles. The van der Waals surface area contributed by atoms with Gasteiger partial charge in [0.2, 0.25) is 0 Å². The molecule has 0 fully saturated rings. The first kappa shape index (κ1) is 15.9. The SMILES string of the molecule is [AlH3].[InH3].[SeH][TeH]. The molecule has 0 atom stereocenters. The Morgan fingerprint density at radius 3 is 1.25 bits per heavy atom. The van der Waals surface area contributed by atoms with Gasteiger partial charge in [0, 0.05) is 0 Å². The van der Waals surface area contributed by atoms with E-state index in [1.807, 2.05) is 0 Å². The van der Waals surface area contributed by atoms with Crippen LogP contribution < -0.4 is 0 Å². The molecule has 0 saturated carbocycles. The van der Waals surface area contributed by atoms with E-state index >= 15 is 0 Å². The first-order valence-corrected chi connectivity index (χ1v) is 6.97. The van der Waals surface area contributed by atoms with Crippen LogP contribution in [0, 0.1) is 0 Å². The molecule has 0 aliphatic rings. The van der Waals surface area contributed by atoms with Crippen LogP contribution in [0.3, 0.4) is 0 Å². The Hall–Kier alpha value is 2.71. The van der Waals surface area contributed by atoms with Crippen molar-refractivity contribution in [3.8, 4) is 0 Å². The zero-order valence-corrected chi connectivity index (χ0v) is 5.32. The van der Waals surface area contributed by atoms with Gasteiger partial charge in [-0.15, -0.1) is 0 Å². The van der Waals surface area contributed by atoms with Gasteiger partial charge >= 0.3 is 58.7 Å². The van der Waals surface area contributed by atoms with Crippen molar-refractivity contribution in [1.29, 1.82) is 0 Å². The van der Waals surface area contributed by atoms with Crippen LogP contribution in [0.25, 0.3) is 0 Å². The molecule has 26 valence electrons. The van der Waals surface area contributed by atoms with Crippen molar-refractivity contribution >= 4 is 76.1 Å². The Morgan fingerprint density at radius 2 is 1.25 bits per heavy atom. The fourth-order valence-electron chi connectivity index (χ4n) is 0. The summed E-state index contributed by atoms with van der Waals surface area (Å²) in [5.41, 5.74) is 0. The molecule has 0 aliphatic carbocycles. The Balaban J connectivity index is -0.00000000500.